The number of fused-ring (bicyclic) bond motifs is 3. The Bertz CT molecular complexity index is 584. The molecule has 3 heterocycles. The van der Waals surface area contributed by atoms with Gasteiger partial charge in [0.25, 0.3) is 5.91 Å². The number of carbonyl (C=O) groups is 1. The minimum Gasteiger partial charge on any atom is -0.379 e. The maximum absolute atomic E-state index is 13.3. The summed E-state index contributed by atoms with van der Waals surface area (Å²) < 4.78 is 7.66. The van der Waals surface area contributed by atoms with Gasteiger partial charge >= 0.3 is 0 Å². The van der Waals surface area contributed by atoms with Crippen LogP contribution in [0.3, 0.4) is 0 Å². The zero-order chi connectivity index (χ0) is 17.3. The summed E-state index contributed by atoms with van der Waals surface area (Å²) in [7, 11) is 2.14. The maximum Gasteiger partial charge on any atom is 0.272 e. The highest BCUT2D eigenvalue weighted by Crippen LogP contribution is 2.22. The van der Waals surface area contributed by atoms with Crippen LogP contribution in [0, 0.1) is 11.8 Å². The first-order chi connectivity index (χ1) is 11.5. The van der Waals surface area contributed by atoms with Gasteiger partial charge in [-0.15, -0.1) is 0 Å². The highest BCUT2D eigenvalue weighted by Gasteiger charge is 2.36. The number of aromatic nitrogens is 2. The second-order valence-electron chi connectivity index (χ2n) is 7.67. The third kappa shape index (κ3) is 3.64. The van der Waals surface area contributed by atoms with E-state index in [9.17, 15) is 4.79 Å². The van der Waals surface area contributed by atoms with E-state index in [-0.39, 0.29) is 11.9 Å². The van der Waals surface area contributed by atoms with Gasteiger partial charge in [-0.1, -0.05) is 13.8 Å². The summed E-state index contributed by atoms with van der Waals surface area (Å²) in [5.74, 6) is 1.03. The minimum atomic E-state index is 0.107. The Kier molecular flexibility index (Phi) is 5.25. The van der Waals surface area contributed by atoms with E-state index >= 15 is 0 Å². The van der Waals surface area contributed by atoms with Gasteiger partial charge in [0.1, 0.15) is 5.69 Å². The first-order valence-electron chi connectivity index (χ1n) is 9.11. The number of rotatable bonds is 4. The molecule has 6 nitrogen and oxygen atoms in total. The smallest absolute Gasteiger partial charge is 0.272 e. The fourth-order valence-corrected chi connectivity index (χ4v) is 3.87. The normalized spacial score (nSPS) is 25.1. The van der Waals surface area contributed by atoms with E-state index in [2.05, 4.69) is 30.9 Å². The monoisotopic (exact) mass is 334 g/mol. The SMILES string of the molecule is CCn1nc(CC(C)C)cc1C(=O)N1C[C@H]2COC[C@@H]1CN(C)C2. The quantitative estimate of drug-likeness (QED) is 0.837. The lowest BCUT2D eigenvalue weighted by atomic mass is 10.1. The molecular weight excluding hydrogens is 304 g/mol. The number of ether oxygens (including phenoxy) is 1. The third-order valence-corrected chi connectivity index (χ3v) is 4.88. The Morgan fingerprint density at radius 3 is 2.83 bits per heavy atom. The molecule has 0 aromatic carbocycles. The first-order valence-corrected chi connectivity index (χ1v) is 9.11. The molecule has 6 heteroatoms. The predicted molar refractivity (Wildman–Crippen MR) is 93.1 cm³/mol. The fourth-order valence-electron chi connectivity index (χ4n) is 3.87. The number of amides is 1. The van der Waals surface area contributed by atoms with Crippen LogP contribution in [0.25, 0.3) is 0 Å². The molecule has 0 spiro atoms. The highest BCUT2D eigenvalue weighted by molar-refractivity contribution is 5.93. The number of carbonyl (C=O) groups excluding carboxylic acids is 1. The van der Waals surface area contributed by atoms with Gasteiger partial charge in [-0.3, -0.25) is 9.48 Å². The van der Waals surface area contributed by atoms with Crippen molar-refractivity contribution in [2.24, 2.45) is 11.8 Å². The molecule has 2 aliphatic heterocycles. The van der Waals surface area contributed by atoms with Crippen LogP contribution in [-0.4, -0.2) is 71.4 Å². The molecule has 1 aromatic rings. The summed E-state index contributed by atoms with van der Waals surface area (Å²) in [5, 5.41) is 4.64. The molecule has 0 saturated carbocycles. The standard InChI is InChI=1S/C18H30N4O2/c1-5-22-17(7-15(19-22)6-13(2)3)18(23)21-9-14-8-20(4)10-16(21)12-24-11-14/h7,13-14,16H,5-6,8-12H2,1-4H3/t14-,16-/m0/s1. The summed E-state index contributed by atoms with van der Waals surface area (Å²) in [6.45, 7) is 11.1. The Balaban J connectivity index is 1.86. The Hall–Kier alpha value is -1.40. The molecule has 1 amide bonds. The van der Waals surface area contributed by atoms with E-state index in [4.69, 9.17) is 4.74 Å². The number of aryl methyl sites for hydroxylation is 1. The molecule has 3 rings (SSSR count). The molecule has 24 heavy (non-hydrogen) atoms. The van der Waals surface area contributed by atoms with Crippen LogP contribution in [0.4, 0.5) is 0 Å². The van der Waals surface area contributed by atoms with Gasteiger partial charge in [-0.2, -0.15) is 5.10 Å². The molecule has 1 aromatic heterocycles. The number of hydrogen-bond acceptors (Lipinski definition) is 4. The lowest BCUT2D eigenvalue weighted by Gasteiger charge is -2.29. The fraction of sp³-hybridized carbons (Fsp3) is 0.778. The van der Waals surface area contributed by atoms with Gasteiger partial charge in [0, 0.05) is 32.1 Å². The van der Waals surface area contributed by atoms with Crippen LogP contribution in [0.2, 0.25) is 0 Å². The summed E-state index contributed by atoms with van der Waals surface area (Å²) in [4.78, 5) is 17.6. The average molecular weight is 334 g/mol. The van der Waals surface area contributed by atoms with Crippen LogP contribution in [0.5, 0.6) is 0 Å². The molecule has 0 aliphatic carbocycles. The van der Waals surface area contributed by atoms with Crippen LogP contribution < -0.4 is 0 Å². The predicted octanol–water partition coefficient (Wildman–Crippen LogP) is 1.50. The van der Waals surface area contributed by atoms with Crippen molar-refractivity contribution >= 4 is 5.91 Å². The van der Waals surface area contributed by atoms with E-state index in [1.165, 1.54) is 0 Å². The molecule has 2 fully saturated rings. The van der Waals surface area contributed by atoms with Crippen molar-refractivity contribution in [2.45, 2.75) is 39.8 Å². The average Bonchev–Trinajstić information content (AvgIpc) is 2.70. The number of nitrogens with zero attached hydrogens (tertiary/aromatic N) is 4. The van der Waals surface area contributed by atoms with E-state index in [1.54, 1.807) is 0 Å². The van der Waals surface area contributed by atoms with Crippen LogP contribution >= 0.6 is 0 Å². The molecule has 2 bridgehead atoms. The summed E-state index contributed by atoms with van der Waals surface area (Å²) >= 11 is 0. The zero-order valence-corrected chi connectivity index (χ0v) is 15.4. The Morgan fingerprint density at radius 1 is 1.33 bits per heavy atom. The Morgan fingerprint density at radius 2 is 2.12 bits per heavy atom. The second kappa shape index (κ2) is 7.23. The van der Waals surface area contributed by atoms with Crippen molar-refractivity contribution in [3.05, 3.63) is 17.5 Å². The van der Waals surface area contributed by atoms with E-state index < -0.39 is 0 Å². The van der Waals surface area contributed by atoms with E-state index in [0.29, 0.717) is 18.4 Å². The minimum absolute atomic E-state index is 0.107. The van der Waals surface area contributed by atoms with E-state index in [1.807, 2.05) is 22.6 Å². The second-order valence-corrected chi connectivity index (χ2v) is 7.67. The van der Waals surface area contributed by atoms with Crippen molar-refractivity contribution in [3.8, 4) is 0 Å². The van der Waals surface area contributed by atoms with Crippen LogP contribution in [0.15, 0.2) is 6.07 Å². The number of hydrogen-bond donors (Lipinski definition) is 0. The third-order valence-electron chi connectivity index (χ3n) is 4.88. The first kappa shape index (κ1) is 17.4. The van der Waals surface area contributed by atoms with Gasteiger partial charge in [0.2, 0.25) is 0 Å². The molecule has 2 saturated heterocycles. The number of likely N-dealkylation sites (N-methyl/N-ethyl adjacent to an activating group) is 1. The van der Waals surface area contributed by atoms with Crippen molar-refractivity contribution in [2.75, 3.05) is 39.9 Å². The molecule has 0 radical (unpaired) electrons. The molecule has 2 aliphatic rings. The molecular formula is C18H30N4O2. The molecule has 134 valence electrons. The van der Waals surface area contributed by atoms with E-state index in [0.717, 1.165) is 50.6 Å². The largest absolute Gasteiger partial charge is 0.379 e. The molecule has 0 unspecified atom stereocenters. The van der Waals surface area contributed by atoms with Crippen molar-refractivity contribution in [3.63, 3.8) is 0 Å². The van der Waals surface area contributed by atoms with Crippen molar-refractivity contribution in [1.82, 2.24) is 19.6 Å². The molecule has 0 N–H and O–H groups in total. The lowest BCUT2D eigenvalue weighted by Crippen LogP contribution is -2.46. The topological polar surface area (TPSA) is 50.6 Å². The Labute approximate surface area is 144 Å². The van der Waals surface area contributed by atoms with Crippen LogP contribution in [0.1, 0.15) is 37.0 Å². The van der Waals surface area contributed by atoms with Gasteiger partial charge < -0.3 is 14.5 Å². The van der Waals surface area contributed by atoms with Gasteiger partial charge in [-0.05, 0) is 32.4 Å². The van der Waals surface area contributed by atoms with Crippen LogP contribution in [-0.2, 0) is 17.7 Å². The zero-order valence-electron chi connectivity index (χ0n) is 15.4. The lowest BCUT2D eigenvalue weighted by molar-refractivity contribution is 0.0477. The summed E-state index contributed by atoms with van der Waals surface area (Å²) in [6.07, 6.45) is 0.908. The summed E-state index contributed by atoms with van der Waals surface area (Å²) in [5.41, 5.74) is 1.74. The van der Waals surface area contributed by atoms with Gasteiger partial charge in [0.15, 0.2) is 0 Å². The van der Waals surface area contributed by atoms with Gasteiger partial charge in [-0.25, -0.2) is 0 Å². The molecule has 2 atom stereocenters. The maximum atomic E-state index is 13.3. The van der Waals surface area contributed by atoms with Crippen molar-refractivity contribution < 1.29 is 9.53 Å². The van der Waals surface area contributed by atoms with Gasteiger partial charge in [0.05, 0.1) is 24.9 Å². The summed E-state index contributed by atoms with van der Waals surface area (Å²) in [6, 6.07) is 2.12. The van der Waals surface area contributed by atoms with Crippen molar-refractivity contribution in [1.29, 1.82) is 0 Å². The highest BCUT2D eigenvalue weighted by atomic mass is 16.5.